The SMILES string of the molecule is COc1ccccc1N1CCN(C(=O)C2(C)CC[C@]3(C)CC[C@]4(C)C(=CC(=O)C5[C@@]6(C)CCCC(C)(C)C6CC[C@]54C)[C@H]3C2)C(OC(C)=O)C1. The molecule has 1 saturated heterocycles. The molecule has 1 aromatic rings. The Morgan fingerprint density at radius 2 is 1.60 bits per heavy atom. The van der Waals surface area contributed by atoms with Gasteiger partial charge >= 0.3 is 5.97 Å². The number of ether oxygens (including phenoxy) is 2. The Kier molecular flexibility index (Phi) is 8.43. The van der Waals surface area contributed by atoms with Crippen LogP contribution in [0.5, 0.6) is 5.75 Å². The summed E-state index contributed by atoms with van der Waals surface area (Å²) < 4.78 is 11.5. The first-order valence-corrected chi connectivity index (χ1v) is 19.5. The molecule has 5 aliphatic carbocycles. The minimum absolute atomic E-state index is 0.0201. The number of nitrogens with zero attached hydrogens (tertiary/aromatic N) is 2. The van der Waals surface area contributed by atoms with Gasteiger partial charge in [0.2, 0.25) is 5.91 Å². The third-order valence-corrected chi connectivity index (χ3v) is 16.2. The van der Waals surface area contributed by atoms with Crippen molar-refractivity contribution >= 4 is 23.3 Å². The number of ketones is 1. The maximum atomic E-state index is 14.9. The maximum Gasteiger partial charge on any atom is 0.304 e. The minimum Gasteiger partial charge on any atom is -0.495 e. The molecule has 7 rings (SSSR count). The molecule has 5 fully saturated rings. The van der Waals surface area contributed by atoms with Gasteiger partial charge in [0.05, 0.1) is 19.3 Å². The van der Waals surface area contributed by atoms with Gasteiger partial charge in [-0.2, -0.15) is 0 Å². The van der Waals surface area contributed by atoms with Gasteiger partial charge in [0, 0.05) is 31.3 Å². The minimum atomic E-state index is -0.689. The van der Waals surface area contributed by atoms with E-state index in [1.165, 1.54) is 31.8 Å². The molecule has 6 aliphatic rings. The third-order valence-electron chi connectivity index (χ3n) is 16.2. The predicted octanol–water partition coefficient (Wildman–Crippen LogP) is 8.60. The quantitative estimate of drug-likeness (QED) is 0.296. The number of methoxy groups -OCH3 is 1. The number of anilines is 1. The van der Waals surface area contributed by atoms with E-state index >= 15 is 0 Å². The smallest absolute Gasteiger partial charge is 0.304 e. The van der Waals surface area contributed by atoms with Crippen LogP contribution in [0.4, 0.5) is 5.69 Å². The van der Waals surface area contributed by atoms with Crippen molar-refractivity contribution in [1.29, 1.82) is 0 Å². The number of esters is 1. The molecule has 0 spiro atoms. The number of piperazine rings is 1. The van der Waals surface area contributed by atoms with Crippen molar-refractivity contribution in [1.82, 2.24) is 4.90 Å². The monoisotopic (exact) mass is 686 g/mol. The number of amides is 1. The first-order chi connectivity index (χ1) is 23.4. The molecular formula is C43H62N2O5. The number of hydrogen-bond acceptors (Lipinski definition) is 6. The highest BCUT2D eigenvalue weighted by Crippen LogP contribution is 2.75. The summed E-state index contributed by atoms with van der Waals surface area (Å²) in [7, 11) is 1.66. The number of rotatable bonds is 4. The lowest BCUT2D eigenvalue weighted by Crippen LogP contribution is -2.65. The number of benzene rings is 1. The summed E-state index contributed by atoms with van der Waals surface area (Å²) in [6.45, 7) is 19.8. The zero-order chi connectivity index (χ0) is 36.1. The van der Waals surface area contributed by atoms with E-state index in [1.54, 1.807) is 7.11 Å². The number of allylic oxidation sites excluding steroid dienone is 2. The molecule has 0 bridgehead atoms. The standard InChI is InChI=1S/C43H62N2O5/c1-28(46)50-35-27-44(31-13-10-11-14-33(31)49-9)23-24-45(35)37(48)40(5)20-19-39(4)21-22-42(7)29(30(39)26-40)25-32(47)36-41(6)17-12-16-38(2,3)34(41)15-18-43(36,42)8/h10-11,13-14,25,30,34-36H,12,15-24,26-27H2,1-9H3/t30-,34?,35?,36?,39-,40?,41+,42-,43-/m1/s1. The molecule has 7 heteroatoms. The summed E-state index contributed by atoms with van der Waals surface area (Å²) in [5.41, 5.74) is 1.82. The third kappa shape index (κ3) is 5.12. The van der Waals surface area contributed by atoms with E-state index in [0.29, 0.717) is 31.3 Å². The van der Waals surface area contributed by atoms with Crippen LogP contribution in [-0.2, 0) is 19.1 Å². The number of hydrogen-bond donors (Lipinski definition) is 0. The van der Waals surface area contributed by atoms with Crippen LogP contribution in [0.2, 0.25) is 0 Å². The molecule has 50 heavy (non-hydrogen) atoms. The fourth-order valence-electron chi connectivity index (χ4n) is 13.2. The molecule has 1 aliphatic heterocycles. The van der Waals surface area contributed by atoms with Gasteiger partial charge in [-0.25, -0.2) is 0 Å². The number of fused-ring (bicyclic) bond motifs is 7. The van der Waals surface area contributed by atoms with Crippen molar-refractivity contribution in [2.24, 2.45) is 50.2 Å². The van der Waals surface area contributed by atoms with Gasteiger partial charge in [-0.05, 0) is 115 Å². The van der Waals surface area contributed by atoms with Crippen LogP contribution in [-0.4, -0.2) is 55.5 Å². The lowest BCUT2D eigenvalue weighted by molar-refractivity contribution is -0.186. The fourth-order valence-corrected chi connectivity index (χ4v) is 13.2. The summed E-state index contributed by atoms with van der Waals surface area (Å²) >= 11 is 0. The Labute approximate surface area is 300 Å². The topological polar surface area (TPSA) is 76.2 Å². The van der Waals surface area contributed by atoms with Gasteiger partial charge in [-0.15, -0.1) is 0 Å². The largest absolute Gasteiger partial charge is 0.495 e. The molecule has 9 atom stereocenters. The average Bonchev–Trinajstić information content (AvgIpc) is 3.05. The van der Waals surface area contributed by atoms with Crippen LogP contribution >= 0.6 is 0 Å². The second-order valence-electron chi connectivity index (χ2n) is 19.3. The molecule has 4 unspecified atom stereocenters. The van der Waals surface area contributed by atoms with Gasteiger partial charge in [0.15, 0.2) is 12.0 Å². The molecule has 4 saturated carbocycles. The molecule has 0 radical (unpaired) electrons. The van der Waals surface area contributed by atoms with Crippen molar-refractivity contribution in [3.8, 4) is 5.75 Å². The second kappa shape index (κ2) is 11.8. The number of para-hydroxylation sites is 2. The Morgan fingerprint density at radius 1 is 0.880 bits per heavy atom. The summed E-state index contributed by atoms with van der Waals surface area (Å²) in [4.78, 5) is 46.0. The highest BCUT2D eigenvalue weighted by Gasteiger charge is 2.69. The lowest BCUT2D eigenvalue weighted by Gasteiger charge is -2.70. The average molecular weight is 687 g/mol. The van der Waals surface area contributed by atoms with E-state index in [0.717, 1.165) is 56.4 Å². The summed E-state index contributed by atoms with van der Waals surface area (Å²) in [6.07, 6.45) is 12.1. The first-order valence-electron chi connectivity index (χ1n) is 19.5. The molecule has 1 aromatic carbocycles. The Bertz CT molecular complexity index is 1600. The molecule has 0 N–H and O–H groups in total. The van der Waals surface area contributed by atoms with Gasteiger partial charge in [0.1, 0.15) is 5.75 Å². The van der Waals surface area contributed by atoms with Crippen molar-refractivity contribution in [3.63, 3.8) is 0 Å². The lowest BCUT2D eigenvalue weighted by atomic mass is 9.33. The number of carbonyl (C=O) groups is 3. The van der Waals surface area contributed by atoms with E-state index < -0.39 is 17.6 Å². The van der Waals surface area contributed by atoms with Gasteiger partial charge in [-0.3, -0.25) is 14.4 Å². The van der Waals surface area contributed by atoms with Gasteiger partial charge in [0.25, 0.3) is 0 Å². The van der Waals surface area contributed by atoms with Crippen LogP contribution in [0.25, 0.3) is 0 Å². The van der Waals surface area contributed by atoms with Crippen molar-refractivity contribution < 1.29 is 23.9 Å². The molecule has 1 heterocycles. The summed E-state index contributed by atoms with van der Waals surface area (Å²) in [5.74, 6) is 1.58. The molecule has 274 valence electrons. The Hall–Kier alpha value is -2.83. The zero-order valence-corrected chi connectivity index (χ0v) is 32.3. The van der Waals surface area contributed by atoms with Crippen molar-refractivity contribution in [3.05, 3.63) is 35.9 Å². The van der Waals surface area contributed by atoms with E-state index in [-0.39, 0.29) is 44.8 Å². The maximum absolute atomic E-state index is 14.9. The highest BCUT2D eigenvalue weighted by molar-refractivity contribution is 5.96. The second-order valence-corrected chi connectivity index (χ2v) is 19.3. The highest BCUT2D eigenvalue weighted by atomic mass is 16.6. The Morgan fingerprint density at radius 3 is 2.32 bits per heavy atom. The van der Waals surface area contributed by atoms with Gasteiger partial charge < -0.3 is 19.3 Å². The Balaban J connectivity index is 1.19. The van der Waals surface area contributed by atoms with E-state index in [9.17, 15) is 14.4 Å². The summed E-state index contributed by atoms with van der Waals surface area (Å²) in [6, 6.07) is 7.86. The summed E-state index contributed by atoms with van der Waals surface area (Å²) in [5, 5.41) is 0. The van der Waals surface area contributed by atoms with Crippen molar-refractivity contribution in [2.75, 3.05) is 31.6 Å². The van der Waals surface area contributed by atoms with Crippen LogP contribution in [0, 0.1) is 50.2 Å². The van der Waals surface area contributed by atoms with E-state index in [1.807, 2.05) is 29.2 Å². The molecular weight excluding hydrogens is 624 g/mol. The van der Waals surface area contributed by atoms with Crippen LogP contribution in [0.3, 0.4) is 0 Å². The molecule has 0 aromatic heterocycles. The molecule has 1 amide bonds. The zero-order valence-electron chi connectivity index (χ0n) is 32.3. The van der Waals surface area contributed by atoms with Crippen LogP contribution in [0.1, 0.15) is 120 Å². The predicted molar refractivity (Wildman–Crippen MR) is 197 cm³/mol. The van der Waals surface area contributed by atoms with Crippen LogP contribution in [0.15, 0.2) is 35.9 Å². The van der Waals surface area contributed by atoms with E-state index in [2.05, 4.69) is 59.4 Å². The van der Waals surface area contributed by atoms with Gasteiger partial charge in [-0.1, -0.05) is 72.6 Å². The van der Waals surface area contributed by atoms with Crippen molar-refractivity contribution in [2.45, 2.75) is 126 Å². The van der Waals surface area contributed by atoms with E-state index in [4.69, 9.17) is 9.47 Å². The normalized spacial score (nSPS) is 42.3. The first kappa shape index (κ1) is 35.6. The number of carbonyl (C=O) groups excluding carboxylic acids is 3. The molecule has 7 nitrogen and oxygen atoms in total. The fraction of sp³-hybridized carbons (Fsp3) is 0.744. The van der Waals surface area contributed by atoms with Crippen LogP contribution < -0.4 is 9.64 Å².